The van der Waals surface area contributed by atoms with Crippen molar-refractivity contribution in [2.45, 2.75) is 96.4 Å². The molecular formula is C39H51F4N5O3. The normalized spacial score (nSPS) is 18.2. The van der Waals surface area contributed by atoms with Gasteiger partial charge in [-0.25, -0.2) is 4.39 Å². The van der Waals surface area contributed by atoms with Crippen molar-refractivity contribution in [3.63, 3.8) is 0 Å². The lowest BCUT2D eigenvalue weighted by Crippen LogP contribution is -2.63. The number of carbonyl (C=O) groups excluding carboxylic acids is 2. The Kier molecular flexibility index (Phi) is 13.0. The number of benzene rings is 2. The molecule has 5 atom stereocenters. The topological polar surface area (TPSA) is 118 Å². The van der Waals surface area contributed by atoms with Crippen molar-refractivity contribution in [3.05, 3.63) is 95.2 Å². The predicted molar refractivity (Wildman–Crippen MR) is 192 cm³/mol. The molecule has 2 unspecified atom stereocenters. The summed E-state index contributed by atoms with van der Waals surface area (Å²) in [6, 6.07) is 8.93. The Labute approximate surface area is 297 Å². The molecule has 1 aromatic heterocycles. The molecule has 0 aliphatic heterocycles. The standard InChI is InChI=1S/C39H51F4N5O3/c1-7-23(3)34(25(5)44-19-12-20-49)47-37(51)38(18-17-32-29(22-38)28-14-11-15-30(36(28)45-32)39(41,42)43)48-26(6)35(24(4)8-2)46-33(50)21-27-13-9-10-16-31(27)40/h9-11,13-16,23-24,34-35,44-45,48-49H,5-8,12,17-22H2,1-4H3,(H,46,50)(H,47,51)/t23?,24?,34-,35-,38+/m0/s1. The molecule has 0 fully saturated rings. The van der Waals surface area contributed by atoms with E-state index in [1.165, 1.54) is 12.1 Å². The Bertz CT molecular complexity index is 1720. The summed E-state index contributed by atoms with van der Waals surface area (Å²) < 4.78 is 56.5. The van der Waals surface area contributed by atoms with Crippen LogP contribution < -0.4 is 21.3 Å². The largest absolute Gasteiger partial charge is 0.418 e. The number of aliphatic hydroxyl groups is 1. The molecule has 12 heteroatoms. The van der Waals surface area contributed by atoms with Crippen LogP contribution in [0.25, 0.3) is 10.9 Å². The number of halogens is 4. The predicted octanol–water partition coefficient (Wildman–Crippen LogP) is 6.45. The average Bonchev–Trinajstić information content (AvgIpc) is 3.47. The fourth-order valence-electron chi connectivity index (χ4n) is 6.82. The molecule has 51 heavy (non-hydrogen) atoms. The minimum atomic E-state index is -4.58. The third kappa shape index (κ3) is 9.13. The molecule has 0 saturated carbocycles. The maximum atomic E-state index is 14.7. The van der Waals surface area contributed by atoms with Gasteiger partial charge in [0.15, 0.2) is 0 Å². The number of aliphatic hydroxyl groups excluding tert-OH is 1. The van der Waals surface area contributed by atoms with Gasteiger partial charge in [-0.15, -0.1) is 0 Å². The van der Waals surface area contributed by atoms with E-state index in [1.807, 2.05) is 27.7 Å². The number of alkyl halides is 3. The van der Waals surface area contributed by atoms with Crippen LogP contribution in [0.1, 0.15) is 75.8 Å². The minimum Gasteiger partial charge on any atom is -0.396 e. The summed E-state index contributed by atoms with van der Waals surface area (Å²) >= 11 is 0. The minimum absolute atomic E-state index is 0.00698. The lowest BCUT2D eigenvalue weighted by molar-refractivity contribution is -0.136. The third-order valence-corrected chi connectivity index (χ3v) is 10.2. The zero-order chi connectivity index (χ0) is 37.5. The number of aromatic amines is 1. The van der Waals surface area contributed by atoms with Gasteiger partial charge in [0.2, 0.25) is 11.8 Å². The number of H-pyrrole nitrogens is 1. The number of nitrogens with one attached hydrogen (secondary N) is 5. The van der Waals surface area contributed by atoms with Crippen LogP contribution >= 0.6 is 0 Å². The number of para-hydroxylation sites is 1. The Morgan fingerprint density at radius 3 is 2.27 bits per heavy atom. The quantitative estimate of drug-likeness (QED) is 0.0711. The maximum absolute atomic E-state index is 14.7. The van der Waals surface area contributed by atoms with Crippen molar-refractivity contribution in [1.29, 1.82) is 0 Å². The fourth-order valence-corrected chi connectivity index (χ4v) is 6.82. The van der Waals surface area contributed by atoms with Crippen LogP contribution in [-0.4, -0.2) is 52.7 Å². The van der Waals surface area contributed by atoms with Gasteiger partial charge in [-0.3, -0.25) is 9.59 Å². The molecule has 6 N–H and O–H groups in total. The Morgan fingerprint density at radius 2 is 1.65 bits per heavy atom. The molecule has 2 aromatic carbocycles. The summed E-state index contributed by atoms with van der Waals surface area (Å²) in [5.41, 5.74) is 0.238. The Hall–Kier alpha value is -4.32. The van der Waals surface area contributed by atoms with Gasteiger partial charge >= 0.3 is 6.18 Å². The number of fused-ring (bicyclic) bond motifs is 3. The summed E-state index contributed by atoms with van der Waals surface area (Å²) in [4.78, 5) is 31.0. The molecule has 0 saturated heterocycles. The van der Waals surface area contributed by atoms with Crippen LogP contribution in [0.2, 0.25) is 0 Å². The van der Waals surface area contributed by atoms with Gasteiger partial charge in [0, 0.05) is 42.0 Å². The first-order chi connectivity index (χ1) is 24.1. The van der Waals surface area contributed by atoms with Crippen LogP contribution in [0.5, 0.6) is 0 Å². The van der Waals surface area contributed by atoms with Crippen molar-refractivity contribution in [2.24, 2.45) is 11.8 Å². The number of hydrogen-bond donors (Lipinski definition) is 6. The van der Waals surface area contributed by atoms with E-state index < -0.39 is 41.1 Å². The summed E-state index contributed by atoms with van der Waals surface area (Å²) in [7, 11) is 0. The highest BCUT2D eigenvalue weighted by molar-refractivity contribution is 5.92. The second kappa shape index (κ2) is 16.8. The van der Waals surface area contributed by atoms with Crippen LogP contribution in [0.3, 0.4) is 0 Å². The van der Waals surface area contributed by atoms with E-state index in [0.717, 1.165) is 12.5 Å². The highest BCUT2D eigenvalue weighted by Gasteiger charge is 2.46. The first-order valence-corrected chi connectivity index (χ1v) is 17.7. The summed E-state index contributed by atoms with van der Waals surface area (Å²) in [6.45, 7) is 16.8. The van der Waals surface area contributed by atoms with Gasteiger partial charge in [0.05, 0.1) is 29.6 Å². The number of aromatic nitrogens is 1. The molecule has 3 aromatic rings. The number of hydrogen-bond acceptors (Lipinski definition) is 5. The summed E-state index contributed by atoms with van der Waals surface area (Å²) in [5.74, 6) is -1.47. The molecule has 1 heterocycles. The second-order valence-electron chi connectivity index (χ2n) is 13.8. The monoisotopic (exact) mass is 713 g/mol. The van der Waals surface area contributed by atoms with E-state index in [-0.39, 0.29) is 61.1 Å². The van der Waals surface area contributed by atoms with Gasteiger partial charge in [0.1, 0.15) is 11.4 Å². The highest BCUT2D eigenvalue weighted by Crippen LogP contribution is 2.40. The molecule has 0 spiro atoms. The van der Waals surface area contributed by atoms with E-state index >= 15 is 0 Å². The number of amides is 2. The molecule has 278 valence electrons. The highest BCUT2D eigenvalue weighted by atomic mass is 19.4. The third-order valence-electron chi connectivity index (χ3n) is 10.2. The van der Waals surface area contributed by atoms with Gasteiger partial charge in [0.25, 0.3) is 0 Å². The summed E-state index contributed by atoms with van der Waals surface area (Å²) in [6.07, 6.45) is -2.38. The van der Waals surface area contributed by atoms with E-state index in [0.29, 0.717) is 47.4 Å². The first-order valence-electron chi connectivity index (χ1n) is 17.7. The molecule has 8 nitrogen and oxygen atoms in total. The van der Waals surface area contributed by atoms with Crippen LogP contribution in [0, 0.1) is 17.7 Å². The summed E-state index contributed by atoms with van der Waals surface area (Å²) in [5, 5.41) is 22.5. The van der Waals surface area contributed by atoms with E-state index in [4.69, 9.17) is 0 Å². The molecule has 1 aliphatic carbocycles. The van der Waals surface area contributed by atoms with E-state index in [2.05, 4.69) is 39.4 Å². The van der Waals surface area contributed by atoms with Gasteiger partial charge < -0.3 is 31.4 Å². The zero-order valence-electron chi connectivity index (χ0n) is 29.9. The van der Waals surface area contributed by atoms with Gasteiger partial charge in [-0.05, 0) is 54.4 Å². The Morgan fingerprint density at radius 1 is 0.980 bits per heavy atom. The Balaban J connectivity index is 1.73. The van der Waals surface area contributed by atoms with E-state index in [9.17, 15) is 32.3 Å². The van der Waals surface area contributed by atoms with Gasteiger partial charge in [-0.1, -0.05) is 84.0 Å². The van der Waals surface area contributed by atoms with Crippen molar-refractivity contribution in [2.75, 3.05) is 13.2 Å². The van der Waals surface area contributed by atoms with Crippen LogP contribution in [-0.2, 0) is 35.0 Å². The van der Waals surface area contributed by atoms with Crippen molar-refractivity contribution < 1.29 is 32.3 Å². The molecular weight excluding hydrogens is 662 g/mol. The maximum Gasteiger partial charge on any atom is 0.418 e. The molecule has 0 bridgehead atoms. The van der Waals surface area contributed by atoms with Crippen molar-refractivity contribution in [1.82, 2.24) is 26.3 Å². The second-order valence-corrected chi connectivity index (χ2v) is 13.8. The lowest BCUT2D eigenvalue weighted by Gasteiger charge is -2.42. The SMILES string of the molecule is C=C(N[C@]1(C(=O)N[C@H](C(=C)NCCCO)C(C)CC)CCc2[nH]c3c(C(F)(F)F)cccc3c2C1)[C@@H](NC(=O)Cc1ccccc1F)C(C)CC. The van der Waals surface area contributed by atoms with Gasteiger partial charge in [-0.2, -0.15) is 13.2 Å². The van der Waals surface area contributed by atoms with Crippen molar-refractivity contribution >= 4 is 22.7 Å². The molecule has 4 rings (SSSR count). The van der Waals surface area contributed by atoms with E-state index in [1.54, 1.807) is 24.3 Å². The number of rotatable bonds is 17. The van der Waals surface area contributed by atoms with Crippen LogP contribution in [0.15, 0.2) is 67.0 Å². The first kappa shape index (κ1) is 39.5. The molecule has 2 amide bonds. The zero-order valence-corrected chi connectivity index (χ0v) is 29.9. The fraction of sp³-hybridized carbons (Fsp3) is 0.487. The molecule has 0 radical (unpaired) electrons. The number of carbonyl (C=O) groups is 2. The number of aryl methyl sites for hydroxylation is 1. The molecule has 1 aliphatic rings. The van der Waals surface area contributed by atoms with Crippen LogP contribution in [0.4, 0.5) is 17.6 Å². The smallest absolute Gasteiger partial charge is 0.396 e. The average molecular weight is 714 g/mol. The lowest BCUT2D eigenvalue weighted by atomic mass is 9.77. The van der Waals surface area contributed by atoms with Crippen molar-refractivity contribution in [3.8, 4) is 0 Å².